The molecule has 0 spiro atoms. The van der Waals surface area contributed by atoms with Gasteiger partial charge in [-0.15, -0.1) is 0 Å². The third-order valence-corrected chi connectivity index (χ3v) is 3.10. The quantitative estimate of drug-likeness (QED) is 0.727. The van der Waals surface area contributed by atoms with Crippen molar-refractivity contribution < 1.29 is 9.18 Å². The summed E-state index contributed by atoms with van der Waals surface area (Å²) in [5.74, 6) is -0.408. The Balaban J connectivity index is 2.58. The van der Waals surface area contributed by atoms with Gasteiger partial charge in [-0.3, -0.25) is 4.79 Å². The molecule has 0 fully saturated rings. The molecule has 0 bridgehead atoms. The van der Waals surface area contributed by atoms with Gasteiger partial charge >= 0.3 is 0 Å². The van der Waals surface area contributed by atoms with E-state index in [1.807, 2.05) is 0 Å². The maximum Gasteiger partial charge on any atom is 0.150 e. The van der Waals surface area contributed by atoms with Gasteiger partial charge in [-0.2, -0.15) is 0 Å². The van der Waals surface area contributed by atoms with Crippen LogP contribution in [0.3, 0.4) is 0 Å². The molecule has 0 amide bonds. The topological polar surface area (TPSA) is 17.1 Å². The van der Waals surface area contributed by atoms with Gasteiger partial charge in [0, 0.05) is 11.1 Å². The average Bonchev–Trinajstić information content (AvgIpc) is 2.33. The second-order valence-corrected chi connectivity index (χ2v) is 4.30. The number of carbonyl (C=O) groups is 1. The minimum atomic E-state index is -0.408. The molecule has 0 heterocycles. The second kappa shape index (κ2) is 4.86. The molecule has 0 radical (unpaired) electrons. The van der Waals surface area contributed by atoms with Gasteiger partial charge in [0.15, 0.2) is 0 Å². The molecule has 17 heavy (non-hydrogen) atoms. The molecule has 0 unspecified atom stereocenters. The molecule has 1 nitrogen and oxygen atoms in total. The highest BCUT2D eigenvalue weighted by molar-refractivity contribution is 6.42. The van der Waals surface area contributed by atoms with Gasteiger partial charge in [0.2, 0.25) is 0 Å². The number of benzene rings is 2. The molecule has 0 saturated carbocycles. The lowest BCUT2D eigenvalue weighted by Crippen LogP contribution is -1.88. The zero-order valence-electron chi connectivity index (χ0n) is 8.58. The number of hydrogen-bond acceptors (Lipinski definition) is 1. The standard InChI is InChI=1S/C13H7Cl2FO/c14-11-3-2-9(6-12(11)15)10-5-8(7-17)1-4-13(10)16/h1-7H. The Morgan fingerprint density at radius 3 is 2.41 bits per heavy atom. The van der Waals surface area contributed by atoms with Crippen LogP contribution in [0.2, 0.25) is 10.0 Å². The first-order chi connectivity index (χ1) is 8.11. The summed E-state index contributed by atoms with van der Waals surface area (Å²) in [6.45, 7) is 0. The Kier molecular flexibility index (Phi) is 3.46. The summed E-state index contributed by atoms with van der Waals surface area (Å²) in [6, 6.07) is 8.96. The molecular weight excluding hydrogens is 262 g/mol. The fraction of sp³-hybridized carbons (Fsp3) is 0. The van der Waals surface area contributed by atoms with E-state index in [0.29, 0.717) is 33.0 Å². The van der Waals surface area contributed by atoms with Crippen molar-refractivity contribution in [3.05, 3.63) is 57.8 Å². The summed E-state index contributed by atoms with van der Waals surface area (Å²) in [5, 5.41) is 0.752. The van der Waals surface area contributed by atoms with Crippen molar-refractivity contribution in [1.29, 1.82) is 0 Å². The molecule has 2 aromatic rings. The van der Waals surface area contributed by atoms with Crippen LogP contribution < -0.4 is 0 Å². The number of rotatable bonds is 2. The van der Waals surface area contributed by atoms with E-state index in [9.17, 15) is 9.18 Å². The molecule has 0 aliphatic rings. The molecule has 86 valence electrons. The van der Waals surface area contributed by atoms with Crippen LogP contribution in [-0.4, -0.2) is 6.29 Å². The lowest BCUT2D eigenvalue weighted by Gasteiger charge is -2.05. The molecule has 0 aliphatic heterocycles. The lowest BCUT2D eigenvalue weighted by atomic mass is 10.0. The highest BCUT2D eigenvalue weighted by Crippen LogP contribution is 2.30. The summed E-state index contributed by atoms with van der Waals surface area (Å²) < 4.78 is 13.6. The molecule has 4 heteroatoms. The Hall–Kier alpha value is -1.38. The van der Waals surface area contributed by atoms with E-state index in [1.54, 1.807) is 18.2 Å². The van der Waals surface area contributed by atoms with Crippen LogP contribution in [0.1, 0.15) is 10.4 Å². The van der Waals surface area contributed by atoms with Crippen LogP contribution in [0.4, 0.5) is 4.39 Å². The van der Waals surface area contributed by atoms with Crippen LogP contribution in [-0.2, 0) is 0 Å². The first-order valence-corrected chi connectivity index (χ1v) is 5.57. The van der Waals surface area contributed by atoms with Crippen molar-refractivity contribution in [2.75, 3.05) is 0 Å². The molecule has 0 aromatic heterocycles. The van der Waals surface area contributed by atoms with Gasteiger partial charge < -0.3 is 0 Å². The van der Waals surface area contributed by atoms with Gasteiger partial charge in [-0.25, -0.2) is 4.39 Å². The molecule has 0 saturated heterocycles. The fourth-order valence-electron chi connectivity index (χ4n) is 1.50. The van der Waals surface area contributed by atoms with Crippen molar-refractivity contribution in [1.82, 2.24) is 0 Å². The summed E-state index contributed by atoms with van der Waals surface area (Å²) in [7, 11) is 0. The minimum Gasteiger partial charge on any atom is -0.298 e. The van der Waals surface area contributed by atoms with E-state index in [2.05, 4.69) is 0 Å². The number of carbonyl (C=O) groups excluding carboxylic acids is 1. The van der Waals surface area contributed by atoms with E-state index in [1.165, 1.54) is 18.2 Å². The van der Waals surface area contributed by atoms with Gasteiger partial charge in [0.25, 0.3) is 0 Å². The summed E-state index contributed by atoms with van der Waals surface area (Å²) in [4.78, 5) is 10.7. The van der Waals surface area contributed by atoms with Gasteiger partial charge in [-0.1, -0.05) is 29.3 Å². The van der Waals surface area contributed by atoms with Crippen LogP contribution in [0.25, 0.3) is 11.1 Å². The minimum absolute atomic E-state index is 0.327. The maximum absolute atomic E-state index is 13.6. The van der Waals surface area contributed by atoms with E-state index < -0.39 is 5.82 Å². The Labute approximate surface area is 108 Å². The summed E-state index contributed by atoms with van der Waals surface area (Å²) in [6.07, 6.45) is 0.667. The normalized spacial score (nSPS) is 10.3. The van der Waals surface area contributed by atoms with E-state index in [4.69, 9.17) is 23.2 Å². The number of halogens is 3. The smallest absolute Gasteiger partial charge is 0.150 e. The third kappa shape index (κ3) is 2.48. The maximum atomic E-state index is 13.6. The van der Waals surface area contributed by atoms with Gasteiger partial charge in [-0.05, 0) is 35.9 Å². The first kappa shape index (κ1) is 12.1. The number of aldehydes is 1. The highest BCUT2D eigenvalue weighted by atomic mass is 35.5. The molecule has 2 rings (SSSR count). The zero-order chi connectivity index (χ0) is 12.4. The molecule has 2 aromatic carbocycles. The first-order valence-electron chi connectivity index (χ1n) is 4.82. The predicted octanol–water partition coefficient (Wildman–Crippen LogP) is 4.61. The van der Waals surface area contributed by atoms with Crippen molar-refractivity contribution in [3.63, 3.8) is 0 Å². The highest BCUT2D eigenvalue weighted by Gasteiger charge is 2.08. The SMILES string of the molecule is O=Cc1ccc(F)c(-c2ccc(Cl)c(Cl)c2)c1. The van der Waals surface area contributed by atoms with Crippen LogP contribution in [0.15, 0.2) is 36.4 Å². The van der Waals surface area contributed by atoms with E-state index >= 15 is 0 Å². The van der Waals surface area contributed by atoms with E-state index in [-0.39, 0.29) is 0 Å². The molecule has 0 atom stereocenters. The van der Waals surface area contributed by atoms with Crippen molar-refractivity contribution in [2.45, 2.75) is 0 Å². The fourth-order valence-corrected chi connectivity index (χ4v) is 1.80. The van der Waals surface area contributed by atoms with Crippen molar-refractivity contribution in [3.8, 4) is 11.1 Å². The molecular formula is C13H7Cl2FO. The van der Waals surface area contributed by atoms with Crippen molar-refractivity contribution in [2.24, 2.45) is 0 Å². The van der Waals surface area contributed by atoms with Gasteiger partial charge in [0.1, 0.15) is 12.1 Å². The second-order valence-electron chi connectivity index (χ2n) is 3.49. The molecule has 0 aliphatic carbocycles. The Morgan fingerprint density at radius 2 is 1.76 bits per heavy atom. The predicted molar refractivity (Wildman–Crippen MR) is 67.2 cm³/mol. The lowest BCUT2D eigenvalue weighted by molar-refractivity contribution is 0.112. The summed E-state index contributed by atoms with van der Waals surface area (Å²) >= 11 is 11.7. The largest absolute Gasteiger partial charge is 0.298 e. The zero-order valence-corrected chi connectivity index (χ0v) is 10.1. The monoisotopic (exact) mass is 268 g/mol. The van der Waals surface area contributed by atoms with Crippen molar-refractivity contribution >= 4 is 29.5 Å². The van der Waals surface area contributed by atoms with Crippen LogP contribution in [0, 0.1) is 5.82 Å². The summed E-state index contributed by atoms with van der Waals surface area (Å²) in [5.41, 5.74) is 1.32. The Morgan fingerprint density at radius 1 is 1.00 bits per heavy atom. The van der Waals surface area contributed by atoms with Gasteiger partial charge in [0.05, 0.1) is 10.0 Å². The Bertz CT molecular complexity index is 582. The van der Waals surface area contributed by atoms with Crippen LogP contribution in [0.5, 0.6) is 0 Å². The van der Waals surface area contributed by atoms with E-state index in [0.717, 1.165) is 0 Å². The number of hydrogen-bond donors (Lipinski definition) is 0. The van der Waals surface area contributed by atoms with Crippen LogP contribution >= 0.6 is 23.2 Å². The average molecular weight is 269 g/mol. The molecule has 0 N–H and O–H groups in total. The third-order valence-electron chi connectivity index (χ3n) is 2.36.